The van der Waals surface area contributed by atoms with Crippen LogP contribution in [0.5, 0.6) is 0 Å². The maximum absolute atomic E-state index is 13.0. The Bertz CT molecular complexity index is 653. The minimum atomic E-state index is 0.374. The quantitative estimate of drug-likeness (QED) is 0.0523. The number of likely N-dealkylation sites (N-methyl/N-ethyl adjacent to an activating group) is 2. The summed E-state index contributed by atoms with van der Waals surface area (Å²) < 4.78 is 1.81. The van der Waals surface area contributed by atoms with Gasteiger partial charge in [-0.2, -0.15) is 0 Å². The van der Waals surface area contributed by atoms with Crippen LogP contribution in [-0.2, 0) is 9.59 Å². The lowest BCUT2D eigenvalue weighted by Gasteiger charge is -2.29. The number of nitrogens with zero attached hydrogens (tertiary/aromatic N) is 4. The topological polar surface area (TPSA) is 40.6 Å². The van der Waals surface area contributed by atoms with Crippen LogP contribution in [0.4, 0.5) is 0 Å². The molecular weight excluding hydrogens is 568 g/mol. The van der Waals surface area contributed by atoms with Gasteiger partial charge in [-0.05, 0) is 25.7 Å². The zero-order valence-corrected chi connectivity index (χ0v) is 32.8. The molecule has 0 atom stereocenters. The fraction of sp³-hybridized carbons (Fsp3) is 0.950. The van der Waals surface area contributed by atoms with Crippen molar-refractivity contribution in [2.24, 2.45) is 0 Å². The van der Waals surface area contributed by atoms with Crippen LogP contribution in [0.2, 0.25) is 0 Å². The van der Waals surface area contributed by atoms with Crippen LogP contribution in [0.25, 0.3) is 0 Å². The first-order valence-corrected chi connectivity index (χ1v) is 20.1. The Balaban J connectivity index is 4.27. The van der Waals surface area contributed by atoms with E-state index in [4.69, 9.17) is 0 Å². The number of hydrogen-bond acceptors (Lipinski definition) is 2. The van der Waals surface area contributed by atoms with Crippen molar-refractivity contribution in [3.8, 4) is 0 Å². The molecule has 0 N–H and O–H groups in total. The fourth-order valence-corrected chi connectivity index (χ4v) is 6.01. The predicted molar refractivity (Wildman–Crippen MR) is 201 cm³/mol. The van der Waals surface area contributed by atoms with E-state index in [2.05, 4.69) is 65.9 Å². The van der Waals surface area contributed by atoms with Gasteiger partial charge in [0.15, 0.2) is 0 Å². The molecule has 0 rings (SSSR count). The summed E-state index contributed by atoms with van der Waals surface area (Å²) in [4.78, 5) is 30.4. The summed E-state index contributed by atoms with van der Waals surface area (Å²) in [6, 6.07) is 0. The third-order valence-corrected chi connectivity index (χ3v) is 9.38. The molecule has 0 aromatic rings. The third kappa shape index (κ3) is 30.2. The average molecular weight is 653 g/mol. The van der Waals surface area contributed by atoms with E-state index in [-0.39, 0.29) is 0 Å². The summed E-state index contributed by atoms with van der Waals surface area (Å²) in [5, 5.41) is 0. The Morgan fingerprint density at radius 2 is 0.630 bits per heavy atom. The van der Waals surface area contributed by atoms with Crippen molar-refractivity contribution in [2.45, 2.75) is 168 Å². The van der Waals surface area contributed by atoms with E-state index in [1.807, 2.05) is 0 Å². The van der Waals surface area contributed by atoms with Gasteiger partial charge in [-0.3, -0.25) is 9.59 Å². The zero-order valence-electron chi connectivity index (χ0n) is 32.8. The van der Waals surface area contributed by atoms with Gasteiger partial charge in [-0.25, -0.2) is 0 Å². The molecule has 6 nitrogen and oxygen atoms in total. The smallest absolute Gasteiger partial charge is 0.222 e. The van der Waals surface area contributed by atoms with Gasteiger partial charge in [-0.1, -0.05) is 129 Å². The second-order valence-corrected chi connectivity index (χ2v) is 16.4. The molecule has 2 amide bonds. The Kier molecular flexibility index (Phi) is 28.1. The summed E-state index contributed by atoms with van der Waals surface area (Å²) in [5.74, 6) is 0.747. The average Bonchev–Trinajstić information content (AvgIpc) is 2.98. The number of carbonyl (C=O) groups is 2. The highest BCUT2D eigenvalue weighted by Gasteiger charge is 2.18. The van der Waals surface area contributed by atoms with Crippen molar-refractivity contribution in [3.63, 3.8) is 0 Å². The number of hydrogen-bond donors (Lipinski definition) is 0. The maximum Gasteiger partial charge on any atom is 0.222 e. The number of unbranched alkanes of at least 4 members (excludes halogenated alkanes) is 19. The van der Waals surface area contributed by atoms with Gasteiger partial charge in [0.05, 0.1) is 68.5 Å². The Hall–Kier alpha value is -1.14. The second kappa shape index (κ2) is 28.8. The van der Waals surface area contributed by atoms with Crippen LogP contribution >= 0.6 is 0 Å². The molecule has 46 heavy (non-hydrogen) atoms. The van der Waals surface area contributed by atoms with E-state index in [9.17, 15) is 9.59 Å². The van der Waals surface area contributed by atoms with Crippen LogP contribution in [0, 0.1) is 0 Å². The Morgan fingerprint density at radius 3 is 0.913 bits per heavy atom. The van der Waals surface area contributed by atoms with Crippen LogP contribution in [0.15, 0.2) is 0 Å². The maximum atomic E-state index is 13.0. The molecule has 0 heterocycles. The molecule has 0 bridgehead atoms. The molecule has 0 saturated heterocycles. The monoisotopic (exact) mass is 653 g/mol. The lowest BCUT2D eigenvalue weighted by molar-refractivity contribution is -0.869. The van der Waals surface area contributed by atoms with Gasteiger partial charge in [0, 0.05) is 25.9 Å². The standard InChI is InChI=1S/C40H84N4O2/c1-9-11-13-15-19-23-27-31-39(45)41(35-37-43(3,4)5)33-29-25-21-17-18-22-26-30-34-42(36-38-44(6,7)8)40(46)32-28-24-20-16-14-12-10-2/h9-38H2,1-8H3/q+2. The van der Waals surface area contributed by atoms with E-state index in [0.29, 0.717) is 11.8 Å². The summed E-state index contributed by atoms with van der Waals surface area (Å²) in [7, 11) is 13.3. The van der Waals surface area contributed by atoms with Gasteiger partial charge < -0.3 is 18.8 Å². The minimum Gasteiger partial charge on any atom is -0.337 e. The normalized spacial score (nSPS) is 12.1. The van der Waals surface area contributed by atoms with Gasteiger partial charge in [0.2, 0.25) is 11.8 Å². The predicted octanol–water partition coefficient (Wildman–Crippen LogP) is 9.46. The van der Waals surface area contributed by atoms with Crippen molar-refractivity contribution in [2.75, 3.05) is 81.6 Å². The lowest BCUT2D eigenvalue weighted by atomic mass is 10.1. The summed E-state index contributed by atoms with van der Waals surface area (Å²) in [5.41, 5.74) is 0. The van der Waals surface area contributed by atoms with Gasteiger partial charge in [0.25, 0.3) is 0 Å². The molecule has 274 valence electrons. The van der Waals surface area contributed by atoms with Crippen LogP contribution < -0.4 is 0 Å². The zero-order chi connectivity index (χ0) is 34.5. The SMILES string of the molecule is CCCCCCCCCC(=O)N(CCCCCCCCCCN(CC[N+](C)(C)C)C(=O)CCCCCCCCC)CC[N+](C)(C)C. The van der Waals surface area contributed by atoms with Crippen LogP contribution in [0.1, 0.15) is 168 Å². The molecule has 0 saturated carbocycles. The van der Waals surface area contributed by atoms with Gasteiger partial charge >= 0.3 is 0 Å². The first-order valence-electron chi connectivity index (χ1n) is 20.1. The lowest BCUT2D eigenvalue weighted by Crippen LogP contribution is -2.44. The molecule has 0 spiro atoms. The highest BCUT2D eigenvalue weighted by molar-refractivity contribution is 5.76. The highest BCUT2D eigenvalue weighted by Crippen LogP contribution is 2.14. The first kappa shape index (κ1) is 44.9. The van der Waals surface area contributed by atoms with Crippen molar-refractivity contribution in [3.05, 3.63) is 0 Å². The van der Waals surface area contributed by atoms with Crippen molar-refractivity contribution in [1.29, 1.82) is 0 Å². The van der Waals surface area contributed by atoms with E-state index < -0.39 is 0 Å². The van der Waals surface area contributed by atoms with Crippen LogP contribution in [-0.4, -0.2) is 112 Å². The third-order valence-electron chi connectivity index (χ3n) is 9.38. The van der Waals surface area contributed by atoms with Gasteiger partial charge in [0.1, 0.15) is 0 Å². The number of rotatable bonds is 33. The largest absolute Gasteiger partial charge is 0.337 e. The summed E-state index contributed by atoms with van der Waals surface area (Å²) in [6.45, 7) is 10.2. The van der Waals surface area contributed by atoms with E-state index in [1.165, 1.54) is 116 Å². The highest BCUT2D eigenvalue weighted by atomic mass is 16.2. The molecule has 0 unspecified atom stereocenters. The molecule has 0 fully saturated rings. The molecule has 0 aliphatic rings. The molecular formula is C40H84N4O2+2. The number of quaternary nitrogens is 2. The van der Waals surface area contributed by atoms with E-state index >= 15 is 0 Å². The first-order chi connectivity index (χ1) is 21.9. The molecule has 0 radical (unpaired) electrons. The molecule has 0 aliphatic heterocycles. The molecule has 0 aromatic heterocycles. The fourth-order valence-electron chi connectivity index (χ4n) is 6.01. The Morgan fingerprint density at radius 1 is 0.370 bits per heavy atom. The molecule has 0 aromatic carbocycles. The Labute approximate surface area is 289 Å². The number of amides is 2. The summed E-state index contributed by atoms with van der Waals surface area (Å²) in [6.07, 6.45) is 28.9. The molecule has 0 aliphatic carbocycles. The van der Waals surface area contributed by atoms with Crippen molar-refractivity contribution >= 4 is 11.8 Å². The van der Waals surface area contributed by atoms with Crippen molar-refractivity contribution in [1.82, 2.24) is 9.80 Å². The number of carbonyl (C=O) groups excluding carboxylic acids is 2. The second-order valence-electron chi connectivity index (χ2n) is 16.4. The van der Waals surface area contributed by atoms with Gasteiger partial charge in [-0.15, -0.1) is 0 Å². The van der Waals surface area contributed by atoms with Crippen molar-refractivity contribution < 1.29 is 18.6 Å². The van der Waals surface area contributed by atoms with E-state index in [0.717, 1.165) is 86.8 Å². The van der Waals surface area contributed by atoms with E-state index in [1.54, 1.807) is 0 Å². The van der Waals surface area contributed by atoms with Crippen LogP contribution in [0.3, 0.4) is 0 Å². The minimum absolute atomic E-state index is 0.374. The molecule has 6 heteroatoms. The summed E-state index contributed by atoms with van der Waals surface area (Å²) >= 11 is 0.